The quantitative estimate of drug-likeness (QED) is 0.206. The molecule has 0 bridgehead atoms. The van der Waals surface area contributed by atoms with Crippen LogP contribution < -0.4 is 4.74 Å². The molecule has 2 heterocycles. The zero-order chi connectivity index (χ0) is 28.6. The van der Waals surface area contributed by atoms with E-state index in [4.69, 9.17) is 9.47 Å². The number of urea groups is 1. The number of likely N-dealkylation sites (tertiary alicyclic amines) is 1. The molecule has 0 aliphatic carbocycles. The molecule has 6 rings (SSSR count). The van der Waals surface area contributed by atoms with Gasteiger partial charge >= 0.3 is 6.03 Å². The Morgan fingerprint density at radius 1 is 0.805 bits per heavy atom. The maximum atomic E-state index is 14.1. The van der Waals surface area contributed by atoms with E-state index in [1.807, 2.05) is 24.3 Å². The van der Waals surface area contributed by atoms with Crippen LogP contribution in [0.3, 0.4) is 0 Å². The maximum absolute atomic E-state index is 14.1. The Hall–Kier alpha value is -3.94. The first-order chi connectivity index (χ1) is 20.0. The van der Waals surface area contributed by atoms with Crippen LogP contribution >= 0.6 is 0 Å². The predicted molar refractivity (Wildman–Crippen MR) is 161 cm³/mol. The Morgan fingerprint density at radius 3 is 2.05 bits per heavy atom. The molecule has 4 aromatic rings. The number of amides is 3. The molecular weight excluding hydrogens is 514 g/mol. The Morgan fingerprint density at radius 2 is 1.44 bits per heavy atom. The molecule has 7 heteroatoms. The van der Waals surface area contributed by atoms with Crippen LogP contribution in [-0.2, 0) is 22.6 Å². The van der Waals surface area contributed by atoms with E-state index in [1.165, 1.54) is 37.6 Å². The summed E-state index contributed by atoms with van der Waals surface area (Å²) >= 11 is 0. The van der Waals surface area contributed by atoms with Crippen molar-refractivity contribution >= 4 is 33.5 Å². The van der Waals surface area contributed by atoms with Crippen molar-refractivity contribution in [1.82, 2.24) is 14.7 Å². The zero-order valence-electron chi connectivity index (χ0n) is 24.1. The van der Waals surface area contributed by atoms with Crippen molar-refractivity contribution in [3.05, 3.63) is 89.5 Å². The molecule has 2 saturated heterocycles. The molecule has 4 aromatic carbocycles. The van der Waals surface area contributed by atoms with Crippen molar-refractivity contribution in [1.29, 1.82) is 0 Å². The summed E-state index contributed by atoms with van der Waals surface area (Å²) in [6, 6.07) is 24.6. The van der Waals surface area contributed by atoms with Crippen LogP contribution in [0.15, 0.2) is 72.8 Å². The molecule has 0 unspecified atom stereocenters. The van der Waals surface area contributed by atoms with Crippen molar-refractivity contribution in [3.8, 4) is 5.75 Å². The molecule has 2 aliphatic rings. The van der Waals surface area contributed by atoms with Gasteiger partial charge in [-0.05, 0) is 70.1 Å². The minimum Gasteiger partial charge on any atom is -0.497 e. The predicted octanol–water partition coefficient (Wildman–Crippen LogP) is 5.76. The number of rotatable bonds is 8. The van der Waals surface area contributed by atoms with Crippen molar-refractivity contribution in [2.75, 3.05) is 40.5 Å². The summed E-state index contributed by atoms with van der Waals surface area (Å²) in [6.07, 6.45) is 1.19. The molecule has 2 fully saturated rings. The van der Waals surface area contributed by atoms with Gasteiger partial charge in [-0.15, -0.1) is 0 Å². The van der Waals surface area contributed by atoms with Gasteiger partial charge in [-0.25, -0.2) is 4.79 Å². The summed E-state index contributed by atoms with van der Waals surface area (Å²) in [4.78, 5) is 33.4. The number of ether oxygens (including phenoxy) is 2. The van der Waals surface area contributed by atoms with Crippen molar-refractivity contribution in [3.63, 3.8) is 0 Å². The van der Waals surface area contributed by atoms with E-state index in [0.717, 1.165) is 25.2 Å². The highest BCUT2D eigenvalue weighted by atomic mass is 16.5. The molecule has 0 saturated carbocycles. The first kappa shape index (κ1) is 27.2. The van der Waals surface area contributed by atoms with Gasteiger partial charge in [0.05, 0.1) is 20.3 Å². The monoisotopic (exact) mass is 551 g/mol. The summed E-state index contributed by atoms with van der Waals surface area (Å²) in [6.45, 7) is 5.46. The summed E-state index contributed by atoms with van der Waals surface area (Å²) in [5.41, 5.74) is 2.65. The minimum absolute atomic E-state index is 0.104. The van der Waals surface area contributed by atoms with E-state index in [9.17, 15) is 9.59 Å². The summed E-state index contributed by atoms with van der Waals surface area (Å²) in [5.74, 6) is 0.601. The van der Waals surface area contributed by atoms with E-state index < -0.39 is 5.54 Å². The second-order valence-corrected chi connectivity index (χ2v) is 11.2. The number of carbonyl (C=O) groups excluding carboxylic acids is 2. The molecule has 0 N–H and O–H groups in total. The number of hydrogen-bond donors (Lipinski definition) is 0. The second kappa shape index (κ2) is 11.1. The Labute approximate surface area is 241 Å². The molecule has 41 heavy (non-hydrogen) atoms. The van der Waals surface area contributed by atoms with Crippen LogP contribution in [0.4, 0.5) is 4.79 Å². The third-order valence-corrected chi connectivity index (χ3v) is 8.99. The smallest absolute Gasteiger partial charge is 0.328 e. The highest BCUT2D eigenvalue weighted by Crippen LogP contribution is 2.40. The van der Waals surface area contributed by atoms with Gasteiger partial charge in [0.25, 0.3) is 5.91 Å². The molecular formula is C34H37N3O4. The Balaban J connectivity index is 1.27. The van der Waals surface area contributed by atoms with Gasteiger partial charge < -0.3 is 14.4 Å². The highest BCUT2D eigenvalue weighted by molar-refractivity contribution is 6.07. The van der Waals surface area contributed by atoms with Gasteiger partial charge in [0.15, 0.2) is 0 Å². The average molecular weight is 552 g/mol. The van der Waals surface area contributed by atoms with Crippen LogP contribution in [-0.4, -0.2) is 72.6 Å². The van der Waals surface area contributed by atoms with Gasteiger partial charge in [0, 0.05) is 33.3 Å². The second-order valence-electron chi connectivity index (χ2n) is 11.2. The molecule has 0 aromatic heterocycles. The molecule has 0 radical (unpaired) electrons. The fourth-order valence-corrected chi connectivity index (χ4v) is 6.76. The Kier molecular flexibility index (Phi) is 7.41. The molecule has 2 aliphatic heterocycles. The third kappa shape index (κ3) is 4.73. The van der Waals surface area contributed by atoms with E-state index in [1.54, 1.807) is 19.1 Å². The van der Waals surface area contributed by atoms with Gasteiger partial charge in [-0.1, -0.05) is 60.7 Å². The lowest BCUT2D eigenvalue weighted by Crippen LogP contribution is -2.57. The lowest BCUT2D eigenvalue weighted by molar-refractivity contribution is -0.136. The lowest BCUT2D eigenvalue weighted by Gasteiger charge is -2.42. The van der Waals surface area contributed by atoms with Crippen LogP contribution in [0.5, 0.6) is 5.75 Å². The number of piperidine rings is 1. The van der Waals surface area contributed by atoms with Gasteiger partial charge in [0.2, 0.25) is 0 Å². The van der Waals surface area contributed by atoms with Gasteiger partial charge in [0.1, 0.15) is 11.3 Å². The first-order valence-corrected chi connectivity index (χ1v) is 14.3. The topological polar surface area (TPSA) is 62.3 Å². The maximum Gasteiger partial charge on any atom is 0.328 e. The molecule has 7 nitrogen and oxygen atoms in total. The molecule has 212 valence electrons. The summed E-state index contributed by atoms with van der Waals surface area (Å²) < 4.78 is 10.7. The number of aryl methyl sites for hydroxylation is 1. The van der Waals surface area contributed by atoms with Crippen LogP contribution in [0.1, 0.15) is 29.5 Å². The third-order valence-electron chi connectivity index (χ3n) is 8.99. The zero-order valence-corrected chi connectivity index (χ0v) is 24.1. The average Bonchev–Trinajstić information content (AvgIpc) is 3.19. The number of nitrogens with zero attached hydrogens (tertiary/aromatic N) is 3. The standard InChI is InChI=1S/C34H37N3O4/c1-24-27-11-4-6-13-29(27)31(30-14-7-5-12-28(24)30)23-35-17-15-34(16-18-35)32(38)36(33(39)37(34)19-20-40-2)22-25-9-8-10-26(21-25)41-3/h4-14,21H,15-20,22-23H2,1-3H3. The fourth-order valence-electron chi connectivity index (χ4n) is 6.76. The fraction of sp³-hybridized carbons (Fsp3) is 0.353. The number of hydrogen-bond acceptors (Lipinski definition) is 5. The summed E-state index contributed by atoms with van der Waals surface area (Å²) in [7, 11) is 3.24. The van der Waals surface area contributed by atoms with Gasteiger partial charge in [-0.2, -0.15) is 0 Å². The van der Waals surface area contributed by atoms with Crippen molar-refractivity contribution in [2.24, 2.45) is 0 Å². The van der Waals surface area contributed by atoms with Crippen LogP contribution in [0, 0.1) is 6.92 Å². The summed E-state index contributed by atoms with van der Waals surface area (Å²) in [5, 5.41) is 5.12. The Bertz CT molecular complexity index is 1550. The lowest BCUT2D eigenvalue weighted by atomic mass is 9.85. The number of fused-ring (bicyclic) bond motifs is 2. The number of imide groups is 1. The van der Waals surface area contributed by atoms with Crippen molar-refractivity contribution in [2.45, 2.75) is 38.4 Å². The number of benzene rings is 4. The van der Waals surface area contributed by atoms with Gasteiger partial charge in [-0.3, -0.25) is 14.6 Å². The van der Waals surface area contributed by atoms with Crippen LogP contribution in [0.2, 0.25) is 0 Å². The van der Waals surface area contributed by atoms with E-state index in [-0.39, 0.29) is 18.5 Å². The van der Waals surface area contributed by atoms with E-state index in [0.29, 0.717) is 31.7 Å². The van der Waals surface area contributed by atoms with E-state index in [2.05, 4.69) is 60.4 Å². The molecule has 3 amide bonds. The molecule has 1 spiro atoms. The van der Waals surface area contributed by atoms with Crippen molar-refractivity contribution < 1.29 is 19.1 Å². The van der Waals surface area contributed by atoms with Crippen LogP contribution in [0.25, 0.3) is 21.5 Å². The van der Waals surface area contributed by atoms with E-state index >= 15 is 0 Å². The first-order valence-electron chi connectivity index (χ1n) is 14.3. The normalized spacial score (nSPS) is 17.3. The highest BCUT2D eigenvalue weighted by Gasteiger charge is 2.57. The number of carbonyl (C=O) groups is 2. The SMILES string of the molecule is COCCN1C(=O)N(Cc2cccc(OC)c2)C(=O)C12CCN(Cc1c3ccccc3c(C)c3ccccc13)CC2. The minimum atomic E-state index is -0.845. The number of methoxy groups -OCH3 is 2. The largest absolute Gasteiger partial charge is 0.497 e. The molecule has 0 atom stereocenters.